The molecule has 0 atom stereocenters. The summed E-state index contributed by atoms with van der Waals surface area (Å²) in [4.78, 5) is 14.6. The van der Waals surface area contributed by atoms with Crippen LogP contribution < -0.4 is 10.6 Å². The Balaban J connectivity index is 2.12. The lowest BCUT2D eigenvalue weighted by molar-refractivity contribution is -0.127. The number of hydrogen-bond acceptors (Lipinski definition) is 3. The number of nitrogens with one attached hydrogen (secondary N) is 2. The van der Waals surface area contributed by atoms with E-state index in [0.717, 1.165) is 42.9 Å². The molecule has 4 heteroatoms. The van der Waals surface area contributed by atoms with Gasteiger partial charge in [-0.05, 0) is 64.4 Å². The molecule has 2 rings (SSSR count). The molecule has 0 bridgehead atoms. The van der Waals surface area contributed by atoms with E-state index in [4.69, 9.17) is 0 Å². The lowest BCUT2D eigenvalue weighted by Crippen LogP contribution is -2.51. The fraction of sp³-hybridized carbons (Fsp3) is 0.450. The summed E-state index contributed by atoms with van der Waals surface area (Å²) < 4.78 is 0. The maximum absolute atomic E-state index is 12.6. The summed E-state index contributed by atoms with van der Waals surface area (Å²) >= 11 is 0. The number of rotatable bonds is 5. The predicted molar refractivity (Wildman–Crippen MR) is 100.0 cm³/mol. The molecular weight excluding hydrogens is 298 g/mol. The van der Waals surface area contributed by atoms with Crippen molar-refractivity contribution in [1.82, 2.24) is 15.5 Å². The van der Waals surface area contributed by atoms with E-state index in [0.29, 0.717) is 0 Å². The number of piperidine rings is 1. The molecule has 1 amide bonds. The zero-order valence-corrected chi connectivity index (χ0v) is 15.1. The Kier molecular flexibility index (Phi) is 5.84. The van der Waals surface area contributed by atoms with E-state index in [1.54, 1.807) is 6.08 Å². The second kappa shape index (κ2) is 7.67. The highest BCUT2D eigenvalue weighted by molar-refractivity contribution is 5.80. The Hall–Kier alpha value is -2.07. The van der Waals surface area contributed by atoms with E-state index >= 15 is 0 Å². The molecule has 0 aliphatic carbocycles. The van der Waals surface area contributed by atoms with Gasteiger partial charge in [-0.15, -0.1) is 0 Å². The number of amides is 1. The van der Waals surface area contributed by atoms with Crippen molar-refractivity contribution in [3.63, 3.8) is 0 Å². The molecule has 0 aromatic rings. The Bertz CT molecular complexity index is 604. The van der Waals surface area contributed by atoms with Gasteiger partial charge >= 0.3 is 0 Å². The molecule has 0 unspecified atom stereocenters. The molecular formula is C20H29N3O. The topological polar surface area (TPSA) is 44.4 Å². The lowest BCUT2D eigenvalue weighted by atomic mass is 9.93. The number of carbonyl (C=O) groups is 1. The molecule has 130 valence electrons. The van der Waals surface area contributed by atoms with Crippen molar-refractivity contribution in [2.75, 3.05) is 13.1 Å². The number of hydrogen-bond donors (Lipinski definition) is 2. The quantitative estimate of drug-likeness (QED) is 0.815. The van der Waals surface area contributed by atoms with Crippen molar-refractivity contribution < 1.29 is 4.79 Å². The zero-order chi connectivity index (χ0) is 17.7. The van der Waals surface area contributed by atoms with E-state index in [1.807, 2.05) is 37.1 Å². The molecule has 24 heavy (non-hydrogen) atoms. The van der Waals surface area contributed by atoms with Crippen molar-refractivity contribution >= 4 is 5.91 Å². The molecule has 0 aromatic heterocycles. The first kappa shape index (κ1) is 18.3. The van der Waals surface area contributed by atoms with Gasteiger partial charge in [-0.2, -0.15) is 0 Å². The number of carbonyl (C=O) groups excluding carboxylic acids is 1. The molecule has 0 saturated carbocycles. The molecule has 2 N–H and O–H groups in total. The van der Waals surface area contributed by atoms with E-state index < -0.39 is 5.54 Å². The molecule has 2 aliphatic rings. The first-order valence-electron chi connectivity index (χ1n) is 8.56. The standard InChI is InChI=1S/C20H29N3O/c1-6-8-18-15(2)9-7-14-23(18)16(3)20(4,5)22-19(24)17-10-12-21-13-11-17/h6-9,14,17,21H,1,3,10-13H2,2,4-5H3,(H,22,24)/b18-8-. The molecule has 4 nitrogen and oxygen atoms in total. The molecule has 1 fully saturated rings. The van der Waals surface area contributed by atoms with Gasteiger partial charge in [0.15, 0.2) is 0 Å². The van der Waals surface area contributed by atoms with Crippen LogP contribution in [0.4, 0.5) is 0 Å². The predicted octanol–water partition coefficient (Wildman–Crippen LogP) is 3.24. The van der Waals surface area contributed by atoms with Crippen LogP contribution in [-0.2, 0) is 4.79 Å². The third-order valence-corrected chi connectivity index (χ3v) is 4.68. The number of allylic oxidation sites excluding steroid dienone is 5. The van der Waals surface area contributed by atoms with E-state index in [2.05, 4.69) is 36.8 Å². The van der Waals surface area contributed by atoms with Crippen LogP contribution in [0.3, 0.4) is 0 Å². The molecule has 0 aromatic carbocycles. The van der Waals surface area contributed by atoms with Gasteiger partial charge in [0.05, 0.1) is 5.54 Å². The van der Waals surface area contributed by atoms with Crippen LogP contribution in [0, 0.1) is 5.92 Å². The van der Waals surface area contributed by atoms with Gasteiger partial charge in [-0.1, -0.05) is 25.3 Å². The third kappa shape index (κ3) is 4.06. The summed E-state index contributed by atoms with van der Waals surface area (Å²) in [5.74, 6) is 0.199. The summed E-state index contributed by atoms with van der Waals surface area (Å²) in [5, 5.41) is 6.48. The summed E-state index contributed by atoms with van der Waals surface area (Å²) in [6.07, 6.45) is 11.5. The molecule has 2 aliphatic heterocycles. The van der Waals surface area contributed by atoms with Crippen molar-refractivity contribution in [3.05, 3.63) is 60.6 Å². The summed E-state index contributed by atoms with van der Waals surface area (Å²) in [6.45, 7) is 15.9. The van der Waals surface area contributed by atoms with Crippen molar-refractivity contribution in [1.29, 1.82) is 0 Å². The van der Waals surface area contributed by atoms with Crippen LogP contribution in [-0.4, -0.2) is 29.4 Å². The molecule has 0 spiro atoms. The fourth-order valence-electron chi connectivity index (χ4n) is 3.06. The SMILES string of the molecule is C=C/C=C1/C(C)=CC=CN1C(=C)C(C)(C)NC(=O)C1CCNCC1. The molecule has 2 heterocycles. The van der Waals surface area contributed by atoms with Crippen molar-refractivity contribution in [3.8, 4) is 0 Å². The number of nitrogens with zero attached hydrogens (tertiary/aromatic N) is 1. The molecule has 1 saturated heterocycles. The van der Waals surface area contributed by atoms with Gasteiger partial charge in [0.2, 0.25) is 5.91 Å². The van der Waals surface area contributed by atoms with E-state index in [-0.39, 0.29) is 11.8 Å². The summed E-state index contributed by atoms with van der Waals surface area (Å²) in [5.41, 5.74) is 2.46. The first-order chi connectivity index (χ1) is 11.4. The van der Waals surface area contributed by atoms with Gasteiger partial charge in [-0.3, -0.25) is 4.79 Å². The highest BCUT2D eigenvalue weighted by Gasteiger charge is 2.32. The Labute approximate surface area is 145 Å². The summed E-state index contributed by atoms with van der Waals surface area (Å²) in [6, 6.07) is 0. The second-order valence-electron chi connectivity index (χ2n) is 6.93. The largest absolute Gasteiger partial charge is 0.345 e. The van der Waals surface area contributed by atoms with Gasteiger partial charge in [0.1, 0.15) is 0 Å². The van der Waals surface area contributed by atoms with Crippen LogP contribution in [0.5, 0.6) is 0 Å². The van der Waals surface area contributed by atoms with Crippen molar-refractivity contribution in [2.45, 2.75) is 39.2 Å². The zero-order valence-electron chi connectivity index (χ0n) is 15.1. The fourth-order valence-corrected chi connectivity index (χ4v) is 3.06. The maximum Gasteiger partial charge on any atom is 0.223 e. The van der Waals surface area contributed by atoms with Crippen LogP contribution in [0.25, 0.3) is 0 Å². The van der Waals surface area contributed by atoms with Crippen LogP contribution in [0.2, 0.25) is 0 Å². The Morgan fingerprint density at radius 2 is 2.08 bits per heavy atom. The van der Waals surface area contributed by atoms with Crippen LogP contribution in [0.15, 0.2) is 60.6 Å². The highest BCUT2D eigenvalue weighted by atomic mass is 16.2. The maximum atomic E-state index is 12.6. The smallest absolute Gasteiger partial charge is 0.223 e. The third-order valence-electron chi connectivity index (χ3n) is 4.68. The van der Waals surface area contributed by atoms with Gasteiger partial charge in [0, 0.05) is 23.5 Å². The average molecular weight is 327 g/mol. The van der Waals surface area contributed by atoms with Gasteiger partial charge in [0.25, 0.3) is 0 Å². The van der Waals surface area contributed by atoms with E-state index in [1.165, 1.54) is 0 Å². The molecule has 0 radical (unpaired) electrons. The minimum atomic E-state index is -0.538. The van der Waals surface area contributed by atoms with Gasteiger partial charge in [-0.25, -0.2) is 0 Å². The monoisotopic (exact) mass is 327 g/mol. The van der Waals surface area contributed by atoms with Crippen LogP contribution in [0.1, 0.15) is 33.6 Å². The van der Waals surface area contributed by atoms with Crippen molar-refractivity contribution in [2.24, 2.45) is 5.92 Å². The Morgan fingerprint density at radius 3 is 2.71 bits per heavy atom. The van der Waals surface area contributed by atoms with Gasteiger partial charge < -0.3 is 15.5 Å². The highest BCUT2D eigenvalue weighted by Crippen LogP contribution is 2.30. The Morgan fingerprint density at radius 1 is 1.42 bits per heavy atom. The van der Waals surface area contributed by atoms with E-state index in [9.17, 15) is 4.79 Å². The minimum absolute atomic E-state index is 0.0834. The minimum Gasteiger partial charge on any atom is -0.345 e. The average Bonchev–Trinajstić information content (AvgIpc) is 2.56. The lowest BCUT2D eigenvalue weighted by Gasteiger charge is -2.38. The van der Waals surface area contributed by atoms with Crippen LogP contribution >= 0.6 is 0 Å². The summed E-state index contributed by atoms with van der Waals surface area (Å²) in [7, 11) is 0. The second-order valence-corrected chi connectivity index (χ2v) is 6.93. The first-order valence-corrected chi connectivity index (χ1v) is 8.56. The normalized spacial score (nSPS) is 20.7.